The van der Waals surface area contributed by atoms with E-state index in [4.69, 9.17) is 0 Å². The molecule has 0 aliphatic heterocycles. The Kier molecular flexibility index (Phi) is 18.1. The first kappa shape index (κ1) is 63.3. The molecule has 0 aliphatic carbocycles. The molecule has 2 N–H and O–H groups in total. The van der Waals surface area contributed by atoms with Crippen LogP contribution in [0.4, 0.5) is 140 Å². The molecule has 0 bridgehead atoms. The van der Waals surface area contributed by atoms with Crippen LogP contribution >= 0.6 is 23.2 Å². The highest BCUT2D eigenvalue weighted by Crippen LogP contribution is 2.66. The van der Waals surface area contributed by atoms with Gasteiger partial charge >= 0.3 is 93.7 Å². The lowest BCUT2D eigenvalue weighted by Gasteiger charge is -2.42. The van der Waals surface area contributed by atoms with Gasteiger partial charge in [0, 0.05) is 13.1 Å². The van der Waals surface area contributed by atoms with E-state index >= 15 is 0 Å². The molecule has 0 aromatic heterocycles. The molecule has 0 saturated heterocycles. The minimum atomic E-state index is -8.81. The van der Waals surface area contributed by atoms with Gasteiger partial charge in [0.1, 0.15) is 0 Å². The van der Waals surface area contributed by atoms with Gasteiger partial charge in [0.15, 0.2) is 0 Å². The molecule has 0 rings (SSSR count). The van der Waals surface area contributed by atoms with Crippen molar-refractivity contribution in [2.45, 2.75) is 145 Å². The summed E-state index contributed by atoms with van der Waals surface area (Å²) >= 11 is 6.80. The van der Waals surface area contributed by atoms with Crippen molar-refractivity contribution in [3.8, 4) is 0 Å². The van der Waals surface area contributed by atoms with Crippen molar-refractivity contribution in [3.05, 3.63) is 0 Å². The highest BCUT2D eigenvalue weighted by molar-refractivity contribution is 6.22. The molecule has 0 saturated carbocycles. The molecule has 0 spiro atoms. The van der Waals surface area contributed by atoms with Gasteiger partial charge in [-0.2, -0.15) is 140 Å². The number of rotatable bonds is 27. The summed E-state index contributed by atoms with van der Waals surface area (Å²) in [5.41, 5.74) is 0. The third kappa shape index (κ3) is 9.86. The fraction of sp³-hybridized carbons (Fsp3) is 0.929. The highest BCUT2D eigenvalue weighted by atomic mass is 35.5. The Bertz CT molecular complexity index is 1550. The van der Waals surface area contributed by atoms with E-state index in [1.54, 1.807) is 0 Å². The second-order valence-corrected chi connectivity index (χ2v) is 14.3. The van der Waals surface area contributed by atoms with Gasteiger partial charge in [0.2, 0.25) is 0 Å². The van der Waals surface area contributed by atoms with Crippen LogP contribution in [0.1, 0.15) is 51.4 Å². The van der Waals surface area contributed by atoms with Crippen molar-refractivity contribution in [1.82, 2.24) is 10.6 Å². The van der Waals surface area contributed by atoms with Crippen molar-refractivity contribution >= 4 is 35.0 Å². The quantitative estimate of drug-likeness (QED) is 0.0489. The monoisotopic (exact) mass is 1100 g/mol. The average molecular weight is 1100 g/mol. The predicted octanol–water partition coefficient (Wildman–Crippen LogP) is 12.9. The Balaban J connectivity index is 5.31. The van der Waals surface area contributed by atoms with Crippen LogP contribution < -0.4 is 10.6 Å². The first-order valence-corrected chi connectivity index (χ1v) is 17.3. The highest BCUT2D eigenvalue weighted by Gasteiger charge is 2.97. The van der Waals surface area contributed by atoms with Crippen molar-refractivity contribution in [1.29, 1.82) is 0 Å². The molecule has 0 aromatic carbocycles. The smallest absolute Gasteiger partial charge is 0.351 e. The average Bonchev–Trinajstić information content (AvgIpc) is 3.12. The third-order valence-electron chi connectivity index (χ3n) is 8.69. The number of nitrogens with one attached hydrogen (secondary N) is 2. The lowest BCUT2D eigenvalue weighted by atomic mass is 9.89. The molecular weight excluding hydrogens is 1080 g/mol. The number of carbonyl (C=O) groups excluding carboxylic acids is 2. The number of halogens is 34. The van der Waals surface area contributed by atoms with Crippen LogP contribution in [0.25, 0.3) is 0 Å². The summed E-state index contributed by atoms with van der Waals surface area (Å²) in [7, 11) is 0. The molecule has 0 atom stereocenters. The largest absolute Gasteiger partial charge is 0.393 e. The molecule has 0 fully saturated rings. The molecule has 394 valence electrons. The van der Waals surface area contributed by atoms with Crippen molar-refractivity contribution in [3.63, 3.8) is 0 Å². The van der Waals surface area contributed by atoms with Gasteiger partial charge in [-0.1, -0.05) is 38.5 Å². The lowest BCUT2D eigenvalue weighted by Crippen LogP contribution is -2.75. The minimum Gasteiger partial charge on any atom is -0.351 e. The summed E-state index contributed by atoms with van der Waals surface area (Å²) in [6.45, 7) is -2.63. The van der Waals surface area contributed by atoms with Crippen LogP contribution in [0.2, 0.25) is 0 Å². The van der Waals surface area contributed by atoms with Gasteiger partial charge in [-0.15, -0.1) is 0 Å². The Morgan fingerprint density at radius 3 is 0.591 bits per heavy atom. The van der Waals surface area contributed by atoms with Gasteiger partial charge in [0.25, 0.3) is 11.8 Å². The van der Waals surface area contributed by atoms with E-state index in [0.29, 0.717) is 10.6 Å². The van der Waals surface area contributed by atoms with Gasteiger partial charge in [0.05, 0.1) is 0 Å². The maximum Gasteiger partial charge on any atom is 0.393 e. The first-order chi connectivity index (χ1) is 28.5. The second-order valence-electron chi connectivity index (χ2n) is 13.4. The van der Waals surface area contributed by atoms with Crippen LogP contribution in [0.15, 0.2) is 0 Å². The van der Waals surface area contributed by atoms with E-state index < -0.39 is 131 Å². The Hall–Kier alpha value is -2.72. The maximum atomic E-state index is 14.0. The summed E-state index contributed by atoms with van der Waals surface area (Å²) in [5.74, 6) is -124. The Labute approximate surface area is 354 Å². The number of carbonyl (C=O) groups is 2. The van der Waals surface area contributed by atoms with Crippen LogP contribution in [0.5, 0.6) is 0 Å². The molecule has 2 amide bonds. The van der Waals surface area contributed by atoms with E-state index in [-0.39, 0.29) is 38.5 Å². The zero-order chi connectivity index (χ0) is 53.6. The number of hydrogen-bond acceptors (Lipinski definition) is 2. The lowest BCUT2D eigenvalue weighted by molar-refractivity contribution is -0.446. The standard InChI is InChI=1S/C28H22Cl2F32N2O2/c29-27(59,60)25(55,56)23(51,52)21(47,48)19(43,44)17(39,40)15(35,36)13(31,32)11(65)63-9-7-5-3-1-2-4-6-8-10-64-12(66)14(33,34)16(37,38)18(41,42)20(45,46)22(49,50)24(53,54)26(57,58)28(30,61)62/h1-10H2,(H,63,65)(H,64,66). The number of hydrogen-bond donors (Lipinski definition) is 2. The van der Waals surface area contributed by atoms with Crippen LogP contribution in [-0.4, -0.2) is 119 Å². The third-order valence-corrected chi connectivity index (χ3v) is 9.16. The van der Waals surface area contributed by atoms with Crippen LogP contribution in [0.3, 0.4) is 0 Å². The minimum absolute atomic E-state index is 0.0604. The van der Waals surface area contributed by atoms with Crippen LogP contribution in [-0.2, 0) is 9.59 Å². The second kappa shape index (κ2) is 18.9. The molecule has 0 heterocycles. The summed E-state index contributed by atoms with van der Waals surface area (Å²) in [6.07, 6.45) is -2.40. The Morgan fingerprint density at radius 2 is 0.409 bits per heavy atom. The molecule has 66 heavy (non-hydrogen) atoms. The predicted molar refractivity (Wildman–Crippen MR) is 154 cm³/mol. The van der Waals surface area contributed by atoms with Crippen molar-refractivity contribution < 1.29 is 150 Å². The first-order valence-electron chi connectivity index (χ1n) is 16.5. The van der Waals surface area contributed by atoms with Gasteiger partial charge in [-0.25, -0.2) is 0 Å². The summed E-state index contributed by atoms with van der Waals surface area (Å²) in [5, 5.41) is -12.6. The van der Waals surface area contributed by atoms with Gasteiger partial charge in [-0.05, 0) is 36.0 Å². The fourth-order valence-corrected chi connectivity index (χ4v) is 4.79. The SMILES string of the molecule is O=C(NCCCCCCCCCCNC(=O)C(F)(F)C(F)(F)C(F)(F)C(F)(F)C(F)(F)C(F)(F)C(F)(F)C(F)(F)Cl)C(F)(F)C(F)(F)C(F)(F)C(F)(F)C(F)(F)C(F)(F)C(F)(F)C(F)(F)Cl. The van der Waals surface area contributed by atoms with Gasteiger partial charge in [-0.3, -0.25) is 9.59 Å². The molecule has 0 unspecified atom stereocenters. The zero-order valence-corrected chi connectivity index (χ0v) is 32.3. The zero-order valence-electron chi connectivity index (χ0n) is 30.7. The molecule has 38 heteroatoms. The van der Waals surface area contributed by atoms with E-state index in [2.05, 4.69) is 23.2 Å². The summed E-state index contributed by atoms with van der Waals surface area (Å²) in [4.78, 5) is 23.0. The number of alkyl halides is 34. The topological polar surface area (TPSA) is 58.2 Å². The fourth-order valence-electron chi connectivity index (χ4n) is 4.55. The normalized spacial score (nSPS) is 15.8. The van der Waals surface area contributed by atoms with E-state index in [1.165, 1.54) is 0 Å². The summed E-state index contributed by atoms with van der Waals surface area (Å²) in [6, 6.07) is 0. The van der Waals surface area contributed by atoms with E-state index in [9.17, 15) is 150 Å². The number of unbranched alkanes of at least 4 members (excludes halogenated alkanes) is 7. The van der Waals surface area contributed by atoms with E-state index in [0.717, 1.165) is 0 Å². The van der Waals surface area contributed by atoms with Crippen LogP contribution in [0, 0.1) is 0 Å². The van der Waals surface area contributed by atoms with Gasteiger partial charge < -0.3 is 10.6 Å². The molecule has 0 aliphatic rings. The van der Waals surface area contributed by atoms with E-state index in [1.807, 2.05) is 0 Å². The molecule has 0 aromatic rings. The molecular formula is C28H22Cl2F32N2O2. The summed E-state index contributed by atoms with van der Waals surface area (Å²) < 4.78 is 433. The Morgan fingerprint density at radius 1 is 0.258 bits per heavy atom. The van der Waals surface area contributed by atoms with Crippen molar-refractivity contribution in [2.75, 3.05) is 13.1 Å². The van der Waals surface area contributed by atoms with Crippen molar-refractivity contribution in [2.24, 2.45) is 0 Å². The number of amides is 2. The molecule has 0 radical (unpaired) electrons. The maximum absolute atomic E-state index is 14.0. The molecule has 4 nitrogen and oxygen atoms in total.